The molecule has 2 rings (SSSR count). The van der Waals surface area contributed by atoms with E-state index >= 15 is 0 Å². The third-order valence-corrected chi connectivity index (χ3v) is 4.03. The van der Waals surface area contributed by atoms with Gasteiger partial charge in [-0.2, -0.15) is 0 Å². The molecule has 0 aliphatic heterocycles. The van der Waals surface area contributed by atoms with Crippen LogP contribution in [0.15, 0.2) is 11.4 Å². The van der Waals surface area contributed by atoms with Crippen molar-refractivity contribution in [2.24, 2.45) is 0 Å². The highest BCUT2D eigenvalue weighted by Gasteiger charge is 2.27. The lowest BCUT2D eigenvalue weighted by molar-refractivity contribution is 0.164. The first-order valence-corrected chi connectivity index (χ1v) is 5.94. The summed E-state index contributed by atoms with van der Waals surface area (Å²) in [5.41, 5.74) is 1.37. The summed E-state index contributed by atoms with van der Waals surface area (Å²) in [4.78, 5) is 1.44. The zero-order valence-electron chi connectivity index (χ0n) is 7.99. The van der Waals surface area contributed by atoms with E-state index in [0.717, 1.165) is 12.8 Å². The average molecular weight is 196 g/mol. The first-order valence-electron chi connectivity index (χ1n) is 5.06. The Bertz CT molecular complexity index is 279. The summed E-state index contributed by atoms with van der Waals surface area (Å²) in [6.45, 7) is 2.18. The highest BCUT2D eigenvalue weighted by atomic mass is 32.1. The molecule has 1 saturated carbocycles. The number of aliphatic hydroxyl groups is 1. The minimum Gasteiger partial charge on any atom is -0.392 e. The van der Waals surface area contributed by atoms with Crippen LogP contribution in [0.5, 0.6) is 0 Å². The molecule has 1 nitrogen and oxygen atoms in total. The van der Waals surface area contributed by atoms with Crippen molar-refractivity contribution in [2.45, 2.75) is 44.6 Å². The summed E-state index contributed by atoms with van der Waals surface area (Å²) < 4.78 is 0. The molecule has 1 aliphatic rings. The summed E-state index contributed by atoms with van der Waals surface area (Å²) in [5, 5.41) is 11.9. The fourth-order valence-electron chi connectivity index (χ4n) is 2.11. The third-order valence-electron chi connectivity index (χ3n) is 2.93. The van der Waals surface area contributed by atoms with Gasteiger partial charge in [0.2, 0.25) is 0 Å². The summed E-state index contributed by atoms with van der Waals surface area (Å²) in [6, 6.07) is 2.27. The van der Waals surface area contributed by atoms with Gasteiger partial charge in [-0.05, 0) is 36.3 Å². The van der Waals surface area contributed by atoms with Crippen molar-refractivity contribution in [3.63, 3.8) is 0 Å². The van der Waals surface area contributed by atoms with E-state index in [0.29, 0.717) is 5.92 Å². The largest absolute Gasteiger partial charge is 0.392 e. The fourth-order valence-corrected chi connectivity index (χ4v) is 3.01. The Morgan fingerprint density at radius 3 is 2.92 bits per heavy atom. The molecule has 2 heteroatoms. The quantitative estimate of drug-likeness (QED) is 0.771. The maximum Gasteiger partial charge on any atom is 0.0609 e. The van der Waals surface area contributed by atoms with Gasteiger partial charge in [0.25, 0.3) is 0 Å². The van der Waals surface area contributed by atoms with Gasteiger partial charge in [-0.1, -0.05) is 13.3 Å². The Hall–Kier alpha value is -0.340. The molecule has 1 aliphatic carbocycles. The third kappa shape index (κ3) is 1.79. The Labute approximate surface area is 83.4 Å². The van der Waals surface area contributed by atoms with Gasteiger partial charge in [0.05, 0.1) is 6.10 Å². The molecule has 1 fully saturated rings. The summed E-state index contributed by atoms with van der Waals surface area (Å²) in [7, 11) is 0. The summed E-state index contributed by atoms with van der Waals surface area (Å²) in [5.74, 6) is 0.427. The van der Waals surface area contributed by atoms with Gasteiger partial charge in [0.1, 0.15) is 0 Å². The minimum atomic E-state index is -0.0840. The number of hydrogen-bond acceptors (Lipinski definition) is 2. The van der Waals surface area contributed by atoms with E-state index in [-0.39, 0.29) is 6.10 Å². The van der Waals surface area contributed by atoms with Gasteiger partial charge < -0.3 is 5.11 Å². The second-order valence-corrected chi connectivity index (χ2v) is 4.80. The van der Waals surface area contributed by atoms with Crippen LogP contribution in [-0.4, -0.2) is 11.2 Å². The lowest BCUT2D eigenvalue weighted by atomic mass is 9.98. The van der Waals surface area contributed by atoms with E-state index in [1.165, 1.54) is 23.3 Å². The lowest BCUT2D eigenvalue weighted by Crippen LogP contribution is -2.09. The predicted molar refractivity (Wildman–Crippen MR) is 56.3 cm³/mol. The van der Waals surface area contributed by atoms with Gasteiger partial charge >= 0.3 is 0 Å². The average Bonchev–Trinajstić information content (AvgIpc) is 2.71. The lowest BCUT2D eigenvalue weighted by Gasteiger charge is -2.11. The molecule has 72 valence electrons. The van der Waals surface area contributed by atoms with Gasteiger partial charge in [-0.25, -0.2) is 0 Å². The molecule has 1 aromatic rings. The molecular weight excluding hydrogens is 180 g/mol. The normalized spacial score (nSPS) is 28.2. The predicted octanol–water partition coefficient (Wildman–Crippen LogP) is 2.94. The summed E-state index contributed by atoms with van der Waals surface area (Å²) >= 11 is 1.83. The van der Waals surface area contributed by atoms with Crippen LogP contribution < -0.4 is 0 Å². The van der Waals surface area contributed by atoms with Crippen molar-refractivity contribution < 1.29 is 5.11 Å². The zero-order chi connectivity index (χ0) is 9.26. The van der Waals surface area contributed by atoms with Crippen molar-refractivity contribution in [3.8, 4) is 0 Å². The molecule has 0 saturated heterocycles. The standard InChI is InChI=1S/C11H16OS/c1-2-9-6-8(7-13-9)10-4-3-5-11(10)12/h6-7,10-12H,2-5H2,1H3/t10-,11+/m0/s1. The van der Waals surface area contributed by atoms with Crippen LogP contribution in [0.1, 0.15) is 42.5 Å². The number of hydrogen-bond donors (Lipinski definition) is 1. The van der Waals surface area contributed by atoms with Crippen molar-refractivity contribution in [2.75, 3.05) is 0 Å². The highest BCUT2D eigenvalue weighted by Crippen LogP contribution is 2.36. The second kappa shape index (κ2) is 3.81. The molecule has 1 aromatic heterocycles. The maximum absolute atomic E-state index is 9.73. The Balaban J connectivity index is 2.15. The Kier molecular flexibility index (Phi) is 2.70. The molecule has 0 bridgehead atoms. The molecule has 2 atom stereocenters. The minimum absolute atomic E-state index is 0.0840. The van der Waals surface area contributed by atoms with E-state index in [4.69, 9.17) is 0 Å². The molecular formula is C11H16OS. The van der Waals surface area contributed by atoms with Crippen molar-refractivity contribution in [1.29, 1.82) is 0 Å². The van der Waals surface area contributed by atoms with Crippen LogP contribution in [0.25, 0.3) is 0 Å². The molecule has 0 radical (unpaired) electrons. The van der Waals surface area contributed by atoms with Crippen molar-refractivity contribution in [3.05, 3.63) is 21.9 Å². The van der Waals surface area contributed by atoms with Crippen LogP contribution >= 0.6 is 11.3 Å². The molecule has 1 N–H and O–H groups in total. The molecule has 0 aromatic carbocycles. The van der Waals surface area contributed by atoms with Crippen LogP contribution in [0.2, 0.25) is 0 Å². The van der Waals surface area contributed by atoms with E-state index in [1.54, 1.807) is 0 Å². The van der Waals surface area contributed by atoms with E-state index in [2.05, 4.69) is 18.4 Å². The van der Waals surface area contributed by atoms with Gasteiger partial charge in [0, 0.05) is 10.8 Å². The first kappa shape index (κ1) is 9.22. The first-order chi connectivity index (χ1) is 6.31. The SMILES string of the molecule is CCc1cc([C@@H]2CCC[C@H]2O)cs1. The smallest absolute Gasteiger partial charge is 0.0609 e. The number of aryl methyl sites for hydroxylation is 1. The van der Waals surface area contributed by atoms with E-state index in [9.17, 15) is 5.11 Å². The van der Waals surface area contributed by atoms with Gasteiger partial charge in [-0.15, -0.1) is 11.3 Å². The maximum atomic E-state index is 9.73. The fraction of sp³-hybridized carbons (Fsp3) is 0.636. The Morgan fingerprint density at radius 2 is 2.38 bits per heavy atom. The molecule has 0 spiro atoms. The van der Waals surface area contributed by atoms with Gasteiger partial charge in [0.15, 0.2) is 0 Å². The molecule has 0 amide bonds. The molecule has 0 unspecified atom stereocenters. The number of rotatable bonds is 2. The monoisotopic (exact) mass is 196 g/mol. The van der Waals surface area contributed by atoms with E-state index < -0.39 is 0 Å². The second-order valence-electron chi connectivity index (χ2n) is 3.80. The highest BCUT2D eigenvalue weighted by molar-refractivity contribution is 7.10. The number of thiophene rings is 1. The van der Waals surface area contributed by atoms with Crippen LogP contribution in [0.3, 0.4) is 0 Å². The van der Waals surface area contributed by atoms with E-state index in [1.807, 2.05) is 11.3 Å². The topological polar surface area (TPSA) is 20.2 Å². The van der Waals surface area contributed by atoms with Crippen LogP contribution in [-0.2, 0) is 6.42 Å². The molecule has 13 heavy (non-hydrogen) atoms. The number of aliphatic hydroxyl groups excluding tert-OH is 1. The van der Waals surface area contributed by atoms with Gasteiger partial charge in [-0.3, -0.25) is 0 Å². The van der Waals surface area contributed by atoms with Crippen LogP contribution in [0, 0.1) is 0 Å². The molecule has 1 heterocycles. The Morgan fingerprint density at radius 1 is 1.54 bits per heavy atom. The van der Waals surface area contributed by atoms with Crippen LogP contribution in [0.4, 0.5) is 0 Å². The summed E-state index contributed by atoms with van der Waals surface area (Å²) in [6.07, 6.45) is 4.37. The van der Waals surface area contributed by atoms with Crippen molar-refractivity contribution >= 4 is 11.3 Å². The van der Waals surface area contributed by atoms with Crippen molar-refractivity contribution in [1.82, 2.24) is 0 Å². The zero-order valence-corrected chi connectivity index (χ0v) is 8.81.